The van der Waals surface area contributed by atoms with Gasteiger partial charge >= 0.3 is 0 Å². The minimum atomic E-state index is -0.384. The number of anilines is 1. The minimum Gasteiger partial charge on any atom is -0.356 e. The summed E-state index contributed by atoms with van der Waals surface area (Å²) in [5.41, 5.74) is 1.08. The van der Waals surface area contributed by atoms with E-state index in [1.165, 1.54) is 0 Å². The molecule has 0 saturated heterocycles. The van der Waals surface area contributed by atoms with E-state index < -0.39 is 0 Å². The van der Waals surface area contributed by atoms with E-state index in [-0.39, 0.29) is 16.6 Å². The van der Waals surface area contributed by atoms with Crippen molar-refractivity contribution in [2.45, 2.75) is 25.8 Å². The Kier molecular flexibility index (Phi) is 3.14. The van der Waals surface area contributed by atoms with E-state index in [2.05, 4.69) is 30.8 Å². The van der Waals surface area contributed by atoms with Gasteiger partial charge in [-0.15, -0.1) is 0 Å². The summed E-state index contributed by atoms with van der Waals surface area (Å²) in [6.45, 7) is 1.85. The predicted octanol–water partition coefficient (Wildman–Crippen LogP) is 4.09. The average Bonchev–Trinajstić information content (AvgIpc) is 3.20. The smallest absolute Gasteiger partial charge is 0.225 e. The van der Waals surface area contributed by atoms with Gasteiger partial charge in [0.15, 0.2) is 5.82 Å². The van der Waals surface area contributed by atoms with Gasteiger partial charge in [-0.1, -0.05) is 0 Å². The monoisotopic (exact) mass is 343 g/mol. The highest BCUT2D eigenvalue weighted by atomic mass is 79.9. The molecule has 0 radical (unpaired) electrons. The number of benzene rings is 1. The molecule has 1 aliphatic carbocycles. The summed E-state index contributed by atoms with van der Waals surface area (Å²) in [4.78, 5) is 10.4. The fraction of sp³-hybridized carbons (Fsp3) is 0.385. The summed E-state index contributed by atoms with van der Waals surface area (Å²) < 4.78 is 14.7. The van der Waals surface area contributed by atoms with E-state index in [0.29, 0.717) is 21.7 Å². The lowest BCUT2D eigenvalue weighted by molar-refractivity contribution is 0.628. The number of aryl methyl sites for hydroxylation is 1. The highest BCUT2D eigenvalue weighted by Gasteiger charge is 2.29. The zero-order valence-electron chi connectivity index (χ0n) is 10.5. The Bertz CT molecular complexity index is 673. The lowest BCUT2D eigenvalue weighted by Gasteiger charge is -2.20. The Morgan fingerprint density at radius 2 is 2.11 bits per heavy atom. The van der Waals surface area contributed by atoms with Crippen molar-refractivity contribution in [2.24, 2.45) is 0 Å². The predicted molar refractivity (Wildman–Crippen MR) is 78.4 cm³/mol. The maximum atomic E-state index is 14.3. The van der Waals surface area contributed by atoms with Gasteiger partial charge in [0.05, 0.1) is 4.47 Å². The van der Waals surface area contributed by atoms with Crippen molar-refractivity contribution in [3.05, 3.63) is 27.2 Å². The molecule has 0 amide bonds. The summed E-state index contributed by atoms with van der Waals surface area (Å²) in [5.74, 6) is 0.316. The first-order valence-corrected chi connectivity index (χ1v) is 7.21. The molecule has 19 heavy (non-hydrogen) atoms. The van der Waals surface area contributed by atoms with E-state index in [1.807, 2.05) is 20.0 Å². The van der Waals surface area contributed by atoms with Gasteiger partial charge in [0, 0.05) is 18.5 Å². The number of rotatable bonds is 2. The molecule has 6 heteroatoms. The first-order valence-electron chi connectivity index (χ1n) is 6.03. The molecular weight excluding hydrogens is 333 g/mol. The Labute approximate surface area is 123 Å². The Hall–Kier alpha value is -0.940. The number of aromatic nitrogens is 2. The van der Waals surface area contributed by atoms with Crippen LogP contribution in [0.5, 0.6) is 0 Å². The second kappa shape index (κ2) is 4.56. The van der Waals surface area contributed by atoms with Gasteiger partial charge < -0.3 is 4.90 Å². The minimum absolute atomic E-state index is 0.0738. The van der Waals surface area contributed by atoms with E-state index in [0.717, 1.165) is 18.4 Å². The summed E-state index contributed by atoms with van der Waals surface area (Å²) in [6.07, 6.45) is 2.27. The molecule has 0 unspecified atom stereocenters. The van der Waals surface area contributed by atoms with Crippen LogP contribution in [0.2, 0.25) is 5.28 Å². The van der Waals surface area contributed by atoms with Gasteiger partial charge in [0.1, 0.15) is 11.3 Å². The zero-order valence-corrected chi connectivity index (χ0v) is 12.9. The van der Waals surface area contributed by atoms with Gasteiger partial charge in [-0.05, 0) is 58.9 Å². The molecule has 0 aliphatic heterocycles. The molecule has 0 atom stereocenters. The fourth-order valence-electron chi connectivity index (χ4n) is 2.19. The number of hydrogen-bond donors (Lipinski definition) is 0. The van der Waals surface area contributed by atoms with Crippen LogP contribution in [-0.2, 0) is 0 Å². The second-order valence-electron chi connectivity index (χ2n) is 4.88. The van der Waals surface area contributed by atoms with Crippen molar-refractivity contribution < 1.29 is 4.39 Å². The average molecular weight is 345 g/mol. The maximum absolute atomic E-state index is 14.3. The van der Waals surface area contributed by atoms with Crippen molar-refractivity contribution >= 4 is 44.3 Å². The third kappa shape index (κ3) is 2.19. The van der Waals surface area contributed by atoms with Crippen LogP contribution >= 0.6 is 27.5 Å². The Morgan fingerprint density at radius 3 is 2.74 bits per heavy atom. The van der Waals surface area contributed by atoms with Crippen LogP contribution < -0.4 is 4.90 Å². The van der Waals surface area contributed by atoms with Gasteiger partial charge in [0.25, 0.3) is 0 Å². The molecule has 3 nitrogen and oxygen atoms in total. The molecular formula is C13H12BrClFN3. The SMILES string of the molecule is Cc1cc2c(N(C)C3CC3)nc(Cl)nc2c(F)c1Br. The first-order chi connectivity index (χ1) is 8.99. The first kappa shape index (κ1) is 13.1. The van der Waals surface area contributed by atoms with Gasteiger partial charge in [-0.3, -0.25) is 0 Å². The van der Waals surface area contributed by atoms with Crippen molar-refractivity contribution in [1.82, 2.24) is 9.97 Å². The van der Waals surface area contributed by atoms with Crippen LogP contribution in [0.25, 0.3) is 10.9 Å². The lowest BCUT2D eigenvalue weighted by atomic mass is 10.1. The number of nitrogens with zero attached hydrogens (tertiary/aromatic N) is 3. The second-order valence-corrected chi connectivity index (χ2v) is 6.01. The lowest BCUT2D eigenvalue weighted by Crippen LogP contribution is -2.21. The maximum Gasteiger partial charge on any atom is 0.225 e. The third-order valence-corrected chi connectivity index (χ3v) is 4.58. The van der Waals surface area contributed by atoms with Gasteiger partial charge in [-0.2, -0.15) is 4.98 Å². The Morgan fingerprint density at radius 1 is 1.42 bits per heavy atom. The quantitative estimate of drug-likeness (QED) is 0.768. The summed E-state index contributed by atoms with van der Waals surface area (Å²) >= 11 is 9.16. The summed E-state index contributed by atoms with van der Waals surface area (Å²) in [5, 5.41) is 0.779. The van der Waals surface area contributed by atoms with Gasteiger partial charge in [0.2, 0.25) is 5.28 Å². The van der Waals surface area contributed by atoms with Gasteiger partial charge in [-0.25, -0.2) is 9.37 Å². The van der Waals surface area contributed by atoms with E-state index in [1.54, 1.807) is 0 Å². The van der Waals surface area contributed by atoms with Crippen LogP contribution in [0.4, 0.5) is 10.2 Å². The molecule has 1 heterocycles. The van der Waals surface area contributed by atoms with Crippen molar-refractivity contribution in [2.75, 3.05) is 11.9 Å². The molecule has 0 N–H and O–H groups in total. The highest BCUT2D eigenvalue weighted by molar-refractivity contribution is 9.10. The number of halogens is 3. The molecule has 3 rings (SSSR count). The van der Waals surface area contributed by atoms with Crippen molar-refractivity contribution in [3.63, 3.8) is 0 Å². The molecule has 1 aromatic heterocycles. The Balaban J connectivity index is 2.32. The van der Waals surface area contributed by atoms with Crippen LogP contribution in [0.3, 0.4) is 0 Å². The molecule has 2 aromatic rings. The largest absolute Gasteiger partial charge is 0.356 e. The number of fused-ring (bicyclic) bond motifs is 1. The summed E-state index contributed by atoms with van der Waals surface area (Å²) in [7, 11) is 1.96. The number of hydrogen-bond acceptors (Lipinski definition) is 3. The fourth-order valence-corrected chi connectivity index (χ4v) is 2.66. The molecule has 0 bridgehead atoms. The summed E-state index contributed by atoms with van der Waals surface area (Å²) in [6, 6.07) is 2.37. The van der Waals surface area contributed by atoms with Crippen LogP contribution in [0.15, 0.2) is 10.5 Å². The highest BCUT2D eigenvalue weighted by Crippen LogP contribution is 2.36. The molecule has 1 aromatic carbocycles. The normalized spacial score (nSPS) is 15.0. The van der Waals surface area contributed by atoms with Crippen LogP contribution in [-0.4, -0.2) is 23.1 Å². The van der Waals surface area contributed by atoms with E-state index >= 15 is 0 Å². The van der Waals surface area contributed by atoms with Crippen LogP contribution in [0, 0.1) is 12.7 Å². The van der Waals surface area contributed by atoms with Crippen molar-refractivity contribution in [3.8, 4) is 0 Å². The van der Waals surface area contributed by atoms with Crippen molar-refractivity contribution in [1.29, 1.82) is 0 Å². The molecule has 100 valence electrons. The third-order valence-electron chi connectivity index (χ3n) is 3.43. The van der Waals surface area contributed by atoms with Crippen LogP contribution in [0.1, 0.15) is 18.4 Å². The molecule has 1 saturated carbocycles. The molecule has 1 aliphatic rings. The standard InChI is InChI=1S/C13H12BrClFN3/c1-6-5-8-11(10(16)9(6)14)17-13(15)18-12(8)19(2)7-3-4-7/h5,7H,3-4H2,1-2H3. The topological polar surface area (TPSA) is 29.0 Å². The molecule has 1 fully saturated rings. The van der Waals surface area contributed by atoms with E-state index in [9.17, 15) is 4.39 Å². The van der Waals surface area contributed by atoms with E-state index in [4.69, 9.17) is 11.6 Å². The molecule has 0 spiro atoms. The zero-order chi connectivity index (χ0) is 13.7.